The predicted molar refractivity (Wildman–Crippen MR) is 114 cm³/mol. The minimum Gasteiger partial charge on any atom is -0.496 e. The molecule has 0 aliphatic heterocycles. The van der Waals surface area contributed by atoms with Crippen molar-refractivity contribution >= 4 is 53.3 Å². The Bertz CT molecular complexity index is 475. The molecule has 132 valence electrons. The fourth-order valence-corrected chi connectivity index (χ4v) is 2.59. The summed E-state index contributed by atoms with van der Waals surface area (Å²) in [5.41, 5.74) is 1.02. The van der Waals surface area contributed by atoms with Crippen LogP contribution in [0, 0.1) is 0 Å². The van der Waals surface area contributed by atoms with Gasteiger partial charge >= 0.3 is 0 Å². The highest BCUT2D eigenvalue weighted by Gasteiger charge is 2.04. The number of benzene rings is 1. The highest BCUT2D eigenvalue weighted by atomic mass is 127. The lowest BCUT2D eigenvalue weighted by Gasteiger charge is -2.12. The molecule has 0 spiro atoms. The number of aliphatic imine (C=N–C) groups is 1. The van der Waals surface area contributed by atoms with Crippen molar-refractivity contribution in [2.24, 2.45) is 4.99 Å². The van der Waals surface area contributed by atoms with Crippen LogP contribution in [0.3, 0.4) is 0 Å². The molecule has 1 aromatic carbocycles. The zero-order chi connectivity index (χ0) is 16.2. The van der Waals surface area contributed by atoms with E-state index in [2.05, 4.69) is 28.8 Å². The third-order valence-corrected chi connectivity index (χ3v) is 4.00. The Kier molecular flexibility index (Phi) is 13.8. The molecule has 7 heteroatoms. The number of hydrogen-bond donors (Lipinski definition) is 2. The van der Waals surface area contributed by atoms with Gasteiger partial charge in [0.05, 0.1) is 13.7 Å². The average molecular weight is 472 g/mol. The van der Waals surface area contributed by atoms with Gasteiger partial charge in [0, 0.05) is 23.7 Å². The lowest BCUT2D eigenvalue weighted by molar-refractivity contribution is 0.410. The average Bonchev–Trinajstić information content (AvgIpc) is 2.53. The molecule has 1 rings (SSSR count). The van der Waals surface area contributed by atoms with E-state index in [-0.39, 0.29) is 24.0 Å². The van der Waals surface area contributed by atoms with E-state index >= 15 is 0 Å². The Hall–Kier alpha value is -0.340. The molecule has 0 aromatic heterocycles. The molecule has 0 aliphatic carbocycles. The van der Waals surface area contributed by atoms with Crippen LogP contribution < -0.4 is 15.4 Å². The Labute approximate surface area is 166 Å². The van der Waals surface area contributed by atoms with Gasteiger partial charge in [-0.15, -0.1) is 24.0 Å². The van der Waals surface area contributed by atoms with Gasteiger partial charge in [-0.3, -0.25) is 0 Å². The summed E-state index contributed by atoms with van der Waals surface area (Å²) >= 11 is 7.86. The summed E-state index contributed by atoms with van der Waals surface area (Å²) < 4.78 is 5.35. The van der Waals surface area contributed by atoms with Gasteiger partial charge in [0.15, 0.2) is 5.96 Å². The SMILES string of the molecule is CCNC(=NCc1ccc(Cl)cc1OC)NCCCCSC.I. The smallest absolute Gasteiger partial charge is 0.191 e. The van der Waals surface area contributed by atoms with Crippen molar-refractivity contribution in [2.75, 3.05) is 32.2 Å². The summed E-state index contributed by atoms with van der Waals surface area (Å²) in [6, 6.07) is 5.62. The van der Waals surface area contributed by atoms with Crippen LogP contribution >= 0.6 is 47.3 Å². The van der Waals surface area contributed by atoms with Crippen molar-refractivity contribution < 1.29 is 4.74 Å². The van der Waals surface area contributed by atoms with E-state index in [4.69, 9.17) is 16.3 Å². The van der Waals surface area contributed by atoms with Crippen molar-refractivity contribution in [3.8, 4) is 5.75 Å². The monoisotopic (exact) mass is 471 g/mol. The number of guanidine groups is 1. The highest BCUT2D eigenvalue weighted by molar-refractivity contribution is 14.0. The first-order valence-electron chi connectivity index (χ1n) is 7.54. The second kappa shape index (κ2) is 14.0. The minimum atomic E-state index is 0. The molecule has 23 heavy (non-hydrogen) atoms. The second-order valence-electron chi connectivity index (χ2n) is 4.78. The zero-order valence-electron chi connectivity index (χ0n) is 14.0. The molecule has 2 N–H and O–H groups in total. The van der Waals surface area contributed by atoms with Crippen molar-refractivity contribution in [2.45, 2.75) is 26.3 Å². The molecule has 0 heterocycles. The van der Waals surface area contributed by atoms with Crippen molar-refractivity contribution in [1.29, 1.82) is 0 Å². The van der Waals surface area contributed by atoms with E-state index in [0.717, 1.165) is 36.8 Å². The van der Waals surface area contributed by atoms with Crippen molar-refractivity contribution in [1.82, 2.24) is 10.6 Å². The number of thioether (sulfide) groups is 1. The molecule has 0 aliphatic rings. The molecule has 0 radical (unpaired) electrons. The Morgan fingerprint density at radius 1 is 1.30 bits per heavy atom. The van der Waals surface area contributed by atoms with Crippen LogP contribution in [0.4, 0.5) is 0 Å². The molecule has 0 amide bonds. The number of methoxy groups -OCH3 is 1. The normalized spacial score (nSPS) is 10.9. The van der Waals surface area contributed by atoms with Crippen LogP contribution in [0.15, 0.2) is 23.2 Å². The Balaban J connectivity index is 0.00000484. The first-order valence-corrected chi connectivity index (χ1v) is 9.32. The minimum absolute atomic E-state index is 0. The van der Waals surface area contributed by atoms with Gasteiger partial charge in [0.1, 0.15) is 5.75 Å². The first kappa shape index (κ1) is 22.7. The standard InChI is InChI=1S/C16H26ClN3OS.HI/c1-4-18-16(19-9-5-6-10-22-3)20-12-13-7-8-14(17)11-15(13)21-2;/h7-8,11H,4-6,9-10,12H2,1-3H3,(H2,18,19,20);1H. The topological polar surface area (TPSA) is 45.7 Å². The number of ether oxygens (including phenoxy) is 1. The van der Waals surface area contributed by atoms with E-state index in [1.54, 1.807) is 7.11 Å². The van der Waals surface area contributed by atoms with Gasteiger partial charge in [-0.2, -0.15) is 11.8 Å². The number of nitrogens with zero attached hydrogens (tertiary/aromatic N) is 1. The van der Waals surface area contributed by atoms with Crippen LogP contribution in [-0.2, 0) is 6.54 Å². The third kappa shape index (κ3) is 9.52. The van der Waals surface area contributed by atoms with Crippen molar-refractivity contribution in [3.63, 3.8) is 0 Å². The second-order valence-corrected chi connectivity index (χ2v) is 6.20. The Morgan fingerprint density at radius 2 is 2.09 bits per heavy atom. The zero-order valence-corrected chi connectivity index (χ0v) is 17.9. The summed E-state index contributed by atoms with van der Waals surface area (Å²) in [5, 5.41) is 7.29. The molecule has 1 aromatic rings. The lowest BCUT2D eigenvalue weighted by Crippen LogP contribution is -2.37. The number of hydrogen-bond acceptors (Lipinski definition) is 3. The van der Waals surface area contributed by atoms with Crippen molar-refractivity contribution in [3.05, 3.63) is 28.8 Å². The molecular formula is C16H27ClIN3OS. The molecule has 0 saturated carbocycles. The molecule has 0 fully saturated rings. The highest BCUT2D eigenvalue weighted by Crippen LogP contribution is 2.23. The Morgan fingerprint density at radius 3 is 2.74 bits per heavy atom. The largest absolute Gasteiger partial charge is 0.496 e. The maximum absolute atomic E-state index is 5.98. The number of halogens is 2. The fourth-order valence-electron chi connectivity index (χ4n) is 1.93. The van der Waals surface area contributed by atoms with Crippen LogP contribution in [0.2, 0.25) is 5.02 Å². The third-order valence-electron chi connectivity index (χ3n) is 3.07. The van der Waals surface area contributed by atoms with Crippen LogP contribution in [0.25, 0.3) is 0 Å². The van der Waals surface area contributed by atoms with E-state index in [0.29, 0.717) is 11.6 Å². The van der Waals surface area contributed by atoms with Crippen LogP contribution in [0.1, 0.15) is 25.3 Å². The van der Waals surface area contributed by atoms with Gasteiger partial charge in [0.25, 0.3) is 0 Å². The van der Waals surface area contributed by atoms with Gasteiger partial charge < -0.3 is 15.4 Å². The molecule has 0 bridgehead atoms. The van der Waals surface area contributed by atoms with E-state index in [1.165, 1.54) is 12.2 Å². The van der Waals surface area contributed by atoms with E-state index in [9.17, 15) is 0 Å². The summed E-state index contributed by atoms with van der Waals surface area (Å²) in [4.78, 5) is 4.61. The number of rotatable bonds is 9. The van der Waals surface area contributed by atoms with E-state index in [1.807, 2.05) is 30.0 Å². The fraction of sp³-hybridized carbons (Fsp3) is 0.562. The first-order chi connectivity index (χ1) is 10.7. The maximum Gasteiger partial charge on any atom is 0.191 e. The number of unbranched alkanes of at least 4 members (excludes halogenated alkanes) is 1. The van der Waals surface area contributed by atoms with E-state index < -0.39 is 0 Å². The molecule has 4 nitrogen and oxygen atoms in total. The molecule has 0 atom stereocenters. The predicted octanol–water partition coefficient (Wildman–Crippen LogP) is 4.16. The summed E-state index contributed by atoms with van der Waals surface area (Å²) in [6.45, 7) is 4.40. The van der Waals surface area contributed by atoms with Gasteiger partial charge in [-0.25, -0.2) is 4.99 Å². The summed E-state index contributed by atoms with van der Waals surface area (Å²) in [6.07, 6.45) is 4.51. The summed E-state index contributed by atoms with van der Waals surface area (Å²) in [7, 11) is 1.65. The van der Waals surface area contributed by atoms with Gasteiger partial charge in [0.2, 0.25) is 0 Å². The van der Waals surface area contributed by atoms with Gasteiger partial charge in [-0.1, -0.05) is 17.7 Å². The number of nitrogens with one attached hydrogen (secondary N) is 2. The quantitative estimate of drug-likeness (QED) is 0.246. The maximum atomic E-state index is 5.98. The summed E-state index contributed by atoms with van der Waals surface area (Å²) in [5.74, 6) is 2.81. The molecular weight excluding hydrogens is 445 g/mol. The lowest BCUT2D eigenvalue weighted by atomic mass is 10.2. The van der Waals surface area contributed by atoms with Crippen LogP contribution in [0.5, 0.6) is 5.75 Å². The molecule has 0 saturated heterocycles. The molecule has 0 unspecified atom stereocenters. The van der Waals surface area contributed by atoms with Gasteiger partial charge in [-0.05, 0) is 43.9 Å². The van der Waals surface area contributed by atoms with Crippen LogP contribution in [-0.4, -0.2) is 38.2 Å².